The third-order valence-electron chi connectivity index (χ3n) is 4.78. The van der Waals surface area contributed by atoms with Crippen molar-refractivity contribution in [2.45, 2.75) is 0 Å². The lowest BCUT2D eigenvalue weighted by Gasteiger charge is -2.06. The van der Waals surface area contributed by atoms with Gasteiger partial charge < -0.3 is 20.2 Å². The zero-order valence-electron chi connectivity index (χ0n) is 16.1. The summed E-state index contributed by atoms with van der Waals surface area (Å²) >= 11 is 5.90. The second-order valence-electron chi connectivity index (χ2n) is 6.61. The molecule has 1 amide bonds. The number of aromatic nitrogens is 1. The largest absolute Gasteiger partial charge is 0.497 e. The van der Waals surface area contributed by atoms with Crippen molar-refractivity contribution in [3.63, 3.8) is 0 Å². The highest BCUT2D eigenvalue weighted by atomic mass is 35.5. The van der Waals surface area contributed by atoms with E-state index >= 15 is 0 Å². The molecule has 0 aliphatic rings. The second-order valence-corrected chi connectivity index (χ2v) is 7.05. The van der Waals surface area contributed by atoms with Crippen LogP contribution in [0.4, 0.5) is 11.4 Å². The topological polar surface area (TPSA) is 85.8 Å². The highest BCUT2D eigenvalue weighted by Crippen LogP contribution is 2.29. The fourth-order valence-corrected chi connectivity index (χ4v) is 3.43. The summed E-state index contributed by atoms with van der Waals surface area (Å²) < 4.78 is 6.78. The molecular formula is C23H18ClN3O3. The average molecular weight is 420 g/mol. The normalized spacial score (nSPS) is 10.7. The van der Waals surface area contributed by atoms with Gasteiger partial charge in [0.15, 0.2) is 0 Å². The van der Waals surface area contributed by atoms with Gasteiger partial charge in [0.1, 0.15) is 11.4 Å². The number of pyridine rings is 1. The molecule has 0 fully saturated rings. The summed E-state index contributed by atoms with van der Waals surface area (Å²) in [5.41, 5.74) is 8.48. The molecule has 0 aliphatic carbocycles. The minimum Gasteiger partial charge on any atom is -0.497 e. The molecule has 150 valence electrons. The van der Waals surface area contributed by atoms with E-state index < -0.39 is 5.91 Å². The summed E-state index contributed by atoms with van der Waals surface area (Å²) in [4.78, 5) is 26.2. The first-order chi connectivity index (χ1) is 14.5. The summed E-state index contributed by atoms with van der Waals surface area (Å²) in [6, 6.07) is 18.8. The van der Waals surface area contributed by atoms with Gasteiger partial charge in [0.05, 0.1) is 23.9 Å². The first kappa shape index (κ1) is 19.5. The van der Waals surface area contributed by atoms with Crippen LogP contribution < -0.4 is 15.8 Å². The van der Waals surface area contributed by atoms with Gasteiger partial charge in [-0.1, -0.05) is 17.7 Å². The van der Waals surface area contributed by atoms with E-state index in [0.717, 1.165) is 0 Å². The molecule has 2 heterocycles. The molecule has 3 N–H and O–H groups in total. The standard InChI is InChI=1S/C23H18ClN3O3/c1-30-17-11-5-14(6-12-17)22(28)21-20(25)19(18-4-2-3-13-27(18)21)23(29)26-16-9-7-15(24)8-10-16/h2-13H,25H2,1H3,(H,26,29). The lowest BCUT2D eigenvalue weighted by atomic mass is 10.1. The van der Waals surface area contributed by atoms with Crippen LogP contribution in [0.5, 0.6) is 5.75 Å². The Labute approximate surface area is 177 Å². The number of benzene rings is 2. The molecule has 7 heteroatoms. The predicted octanol–water partition coefficient (Wildman–Crippen LogP) is 4.67. The van der Waals surface area contributed by atoms with E-state index in [-0.39, 0.29) is 22.7 Å². The summed E-state index contributed by atoms with van der Waals surface area (Å²) in [7, 11) is 1.56. The first-order valence-electron chi connectivity index (χ1n) is 9.14. The molecule has 0 bridgehead atoms. The Bertz CT molecular complexity index is 1250. The number of halogens is 1. The molecule has 30 heavy (non-hydrogen) atoms. The van der Waals surface area contributed by atoms with Crippen LogP contribution in [0.15, 0.2) is 72.9 Å². The molecule has 0 saturated heterocycles. The number of ketones is 1. The number of carbonyl (C=O) groups is 2. The summed E-state index contributed by atoms with van der Waals surface area (Å²) in [6.45, 7) is 0. The monoisotopic (exact) mass is 419 g/mol. The molecule has 0 atom stereocenters. The Kier molecular flexibility index (Phi) is 5.16. The van der Waals surface area contributed by atoms with Crippen molar-refractivity contribution in [2.75, 3.05) is 18.2 Å². The van der Waals surface area contributed by atoms with Gasteiger partial charge in [0, 0.05) is 22.5 Å². The number of nitrogens with zero attached hydrogens (tertiary/aromatic N) is 1. The van der Waals surface area contributed by atoms with Crippen molar-refractivity contribution in [3.8, 4) is 5.75 Å². The molecule has 0 saturated carbocycles. The number of methoxy groups -OCH3 is 1. The maximum absolute atomic E-state index is 13.2. The van der Waals surface area contributed by atoms with Crippen LogP contribution in [-0.4, -0.2) is 23.2 Å². The molecule has 6 nitrogen and oxygen atoms in total. The van der Waals surface area contributed by atoms with E-state index in [4.69, 9.17) is 22.1 Å². The Hall–Kier alpha value is -3.77. The molecular weight excluding hydrogens is 402 g/mol. The van der Waals surface area contributed by atoms with Crippen LogP contribution >= 0.6 is 11.6 Å². The number of anilines is 2. The van der Waals surface area contributed by atoms with Crippen LogP contribution in [0, 0.1) is 0 Å². The highest BCUT2D eigenvalue weighted by Gasteiger charge is 2.26. The zero-order chi connectivity index (χ0) is 21.3. The Balaban J connectivity index is 1.78. The lowest BCUT2D eigenvalue weighted by molar-refractivity contribution is 0.102. The van der Waals surface area contributed by atoms with E-state index in [0.29, 0.717) is 27.5 Å². The van der Waals surface area contributed by atoms with Gasteiger partial charge in [-0.05, 0) is 60.7 Å². The van der Waals surface area contributed by atoms with Crippen molar-refractivity contribution in [3.05, 3.63) is 94.8 Å². The van der Waals surface area contributed by atoms with Gasteiger partial charge in [-0.25, -0.2) is 0 Å². The molecule has 0 aliphatic heterocycles. The maximum atomic E-state index is 13.2. The highest BCUT2D eigenvalue weighted by molar-refractivity contribution is 6.30. The van der Waals surface area contributed by atoms with Crippen LogP contribution in [0.2, 0.25) is 5.02 Å². The number of nitrogens with two attached hydrogens (primary N) is 1. The van der Waals surface area contributed by atoms with E-state index in [1.807, 2.05) is 0 Å². The maximum Gasteiger partial charge on any atom is 0.259 e. The number of amides is 1. The van der Waals surface area contributed by atoms with Crippen molar-refractivity contribution in [1.29, 1.82) is 0 Å². The van der Waals surface area contributed by atoms with Crippen LogP contribution in [0.1, 0.15) is 26.4 Å². The van der Waals surface area contributed by atoms with E-state index in [1.165, 1.54) is 0 Å². The number of hydrogen-bond acceptors (Lipinski definition) is 4. The van der Waals surface area contributed by atoms with Gasteiger partial charge in [-0.3, -0.25) is 9.59 Å². The Morgan fingerprint density at radius 1 is 1.00 bits per heavy atom. The van der Waals surface area contributed by atoms with E-state index in [9.17, 15) is 9.59 Å². The Morgan fingerprint density at radius 3 is 2.37 bits per heavy atom. The minimum absolute atomic E-state index is 0.119. The summed E-state index contributed by atoms with van der Waals surface area (Å²) in [6.07, 6.45) is 1.71. The fourth-order valence-electron chi connectivity index (χ4n) is 3.30. The second kappa shape index (κ2) is 7.93. The lowest BCUT2D eigenvalue weighted by Crippen LogP contribution is -2.14. The number of fused-ring (bicyclic) bond motifs is 1. The van der Waals surface area contributed by atoms with Crippen LogP contribution in [-0.2, 0) is 0 Å². The third-order valence-corrected chi connectivity index (χ3v) is 5.03. The third kappa shape index (κ3) is 3.49. The van der Waals surface area contributed by atoms with E-state index in [2.05, 4.69) is 5.32 Å². The number of carbonyl (C=O) groups excluding carboxylic acids is 2. The van der Waals surface area contributed by atoms with Gasteiger partial charge in [0.2, 0.25) is 5.78 Å². The fraction of sp³-hybridized carbons (Fsp3) is 0.0435. The van der Waals surface area contributed by atoms with Crippen molar-refractivity contribution in [1.82, 2.24) is 4.40 Å². The molecule has 0 unspecified atom stereocenters. The van der Waals surface area contributed by atoms with Gasteiger partial charge in [0.25, 0.3) is 5.91 Å². The van der Waals surface area contributed by atoms with Crippen LogP contribution in [0.3, 0.4) is 0 Å². The SMILES string of the molecule is COc1ccc(C(=O)c2c(N)c(C(=O)Nc3ccc(Cl)cc3)c3ccccn23)cc1. The number of rotatable bonds is 5. The molecule has 2 aromatic carbocycles. The molecule has 0 spiro atoms. The number of hydrogen-bond donors (Lipinski definition) is 2. The average Bonchev–Trinajstić information content (AvgIpc) is 3.06. The molecule has 2 aromatic heterocycles. The van der Waals surface area contributed by atoms with Gasteiger partial charge in [-0.2, -0.15) is 0 Å². The smallest absolute Gasteiger partial charge is 0.259 e. The first-order valence-corrected chi connectivity index (χ1v) is 9.51. The predicted molar refractivity (Wildman–Crippen MR) is 118 cm³/mol. The Morgan fingerprint density at radius 2 is 1.70 bits per heavy atom. The summed E-state index contributed by atoms with van der Waals surface area (Å²) in [5, 5.41) is 3.37. The zero-order valence-corrected chi connectivity index (χ0v) is 16.8. The summed E-state index contributed by atoms with van der Waals surface area (Å²) in [5.74, 6) is -0.0585. The molecule has 4 rings (SSSR count). The number of ether oxygens (including phenoxy) is 1. The van der Waals surface area contributed by atoms with Crippen LogP contribution in [0.25, 0.3) is 5.52 Å². The van der Waals surface area contributed by atoms with E-state index in [1.54, 1.807) is 84.4 Å². The van der Waals surface area contributed by atoms with Crippen molar-refractivity contribution in [2.24, 2.45) is 0 Å². The van der Waals surface area contributed by atoms with Crippen molar-refractivity contribution < 1.29 is 14.3 Å². The molecule has 4 aromatic rings. The van der Waals surface area contributed by atoms with Gasteiger partial charge in [-0.15, -0.1) is 0 Å². The minimum atomic E-state index is -0.410. The quantitative estimate of drug-likeness (QED) is 0.460. The van der Waals surface area contributed by atoms with Gasteiger partial charge >= 0.3 is 0 Å². The number of nitrogen functional groups attached to an aromatic ring is 1. The molecule has 0 radical (unpaired) electrons. The van der Waals surface area contributed by atoms with Crippen molar-refractivity contribution >= 4 is 40.2 Å². The number of nitrogens with one attached hydrogen (secondary N) is 1.